The molecule has 0 bridgehead atoms. The Hall–Kier alpha value is -2.76. The van der Waals surface area contributed by atoms with E-state index in [1.165, 1.54) is 11.1 Å². The molecule has 1 aromatic heterocycles. The number of nitrogens with zero attached hydrogens (tertiary/aromatic N) is 1. The molecule has 2 N–H and O–H groups in total. The van der Waals surface area contributed by atoms with Crippen LogP contribution in [0.2, 0.25) is 5.02 Å². The SMILES string of the molecule is O=C(NC[C@@H](c1ccco1)N1CCc2ccccc2C1)Nc1ccc(Cl)cc1. The van der Waals surface area contributed by atoms with Crippen LogP contribution in [-0.4, -0.2) is 24.0 Å². The van der Waals surface area contributed by atoms with Crippen LogP contribution < -0.4 is 10.6 Å². The van der Waals surface area contributed by atoms with E-state index in [0.717, 1.165) is 25.3 Å². The number of nitrogens with one attached hydrogen (secondary N) is 2. The second-order valence-electron chi connectivity index (χ2n) is 6.86. The van der Waals surface area contributed by atoms with Gasteiger partial charge in [-0.05, 0) is 53.9 Å². The molecule has 2 amide bonds. The van der Waals surface area contributed by atoms with Crippen molar-refractivity contribution >= 4 is 23.3 Å². The number of urea groups is 1. The molecule has 3 aromatic rings. The highest BCUT2D eigenvalue weighted by atomic mass is 35.5. The first-order valence-corrected chi connectivity index (χ1v) is 9.71. The maximum atomic E-state index is 12.3. The molecule has 6 heteroatoms. The van der Waals surface area contributed by atoms with Crippen molar-refractivity contribution in [2.45, 2.75) is 19.0 Å². The number of anilines is 1. The first-order chi connectivity index (χ1) is 13.7. The summed E-state index contributed by atoms with van der Waals surface area (Å²) in [4.78, 5) is 14.7. The molecule has 0 unspecified atom stereocenters. The van der Waals surface area contributed by atoms with E-state index in [0.29, 0.717) is 17.3 Å². The monoisotopic (exact) mass is 395 g/mol. The van der Waals surface area contributed by atoms with Gasteiger partial charge >= 0.3 is 6.03 Å². The molecule has 1 atom stereocenters. The Labute approximate surface area is 169 Å². The number of hydrogen-bond acceptors (Lipinski definition) is 3. The van der Waals surface area contributed by atoms with Gasteiger partial charge in [0.2, 0.25) is 0 Å². The largest absolute Gasteiger partial charge is 0.468 e. The number of amides is 2. The fourth-order valence-electron chi connectivity index (χ4n) is 3.57. The van der Waals surface area contributed by atoms with E-state index in [1.54, 1.807) is 30.5 Å². The average Bonchev–Trinajstić information content (AvgIpc) is 3.24. The lowest BCUT2D eigenvalue weighted by atomic mass is 9.98. The lowest BCUT2D eigenvalue weighted by molar-refractivity contribution is 0.156. The van der Waals surface area contributed by atoms with Gasteiger partial charge in [0.25, 0.3) is 0 Å². The molecule has 144 valence electrons. The molecule has 1 aliphatic rings. The second-order valence-corrected chi connectivity index (χ2v) is 7.30. The summed E-state index contributed by atoms with van der Waals surface area (Å²) in [6.07, 6.45) is 2.67. The maximum absolute atomic E-state index is 12.3. The van der Waals surface area contributed by atoms with E-state index in [2.05, 4.69) is 39.8 Å². The van der Waals surface area contributed by atoms with Crippen molar-refractivity contribution < 1.29 is 9.21 Å². The van der Waals surface area contributed by atoms with Crippen molar-refractivity contribution in [1.29, 1.82) is 0 Å². The number of carbonyl (C=O) groups is 1. The van der Waals surface area contributed by atoms with Gasteiger partial charge < -0.3 is 15.1 Å². The average molecular weight is 396 g/mol. The molecular weight excluding hydrogens is 374 g/mol. The quantitative estimate of drug-likeness (QED) is 0.649. The van der Waals surface area contributed by atoms with E-state index >= 15 is 0 Å². The van der Waals surface area contributed by atoms with Gasteiger partial charge in [-0.15, -0.1) is 0 Å². The van der Waals surface area contributed by atoms with Gasteiger partial charge in [-0.25, -0.2) is 4.79 Å². The lowest BCUT2D eigenvalue weighted by Gasteiger charge is -2.34. The first kappa shape index (κ1) is 18.6. The second kappa shape index (κ2) is 8.50. The van der Waals surface area contributed by atoms with Crippen molar-refractivity contribution in [1.82, 2.24) is 10.2 Å². The molecule has 0 spiro atoms. The van der Waals surface area contributed by atoms with Crippen LogP contribution in [0.5, 0.6) is 0 Å². The minimum atomic E-state index is -0.253. The van der Waals surface area contributed by atoms with Crippen LogP contribution in [0.25, 0.3) is 0 Å². The fraction of sp³-hybridized carbons (Fsp3) is 0.227. The molecule has 4 rings (SSSR count). The number of rotatable bonds is 5. The van der Waals surface area contributed by atoms with Gasteiger partial charge in [-0.2, -0.15) is 0 Å². The third kappa shape index (κ3) is 4.38. The van der Waals surface area contributed by atoms with Gasteiger partial charge in [-0.3, -0.25) is 4.90 Å². The molecule has 5 nitrogen and oxygen atoms in total. The summed E-state index contributed by atoms with van der Waals surface area (Å²) in [6.45, 7) is 2.21. The molecule has 0 saturated heterocycles. The van der Waals surface area contributed by atoms with Crippen molar-refractivity contribution in [3.63, 3.8) is 0 Å². The molecule has 2 heterocycles. The van der Waals surface area contributed by atoms with Crippen LogP contribution in [0, 0.1) is 0 Å². The zero-order valence-corrected chi connectivity index (χ0v) is 16.2. The maximum Gasteiger partial charge on any atom is 0.319 e. The van der Waals surface area contributed by atoms with Crippen molar-refractivity contribution in [2.75, 3.05) is 18.4 Å². The zero-order valence-electron chi connectivity index (χ0n) is 15.4. The van der Waals surface area contributed by atoms with E-state index in [4.69, 9.17) is 16.0 Å². The molecule has 0 fully saturated rings. The molecule has 0 radical (unpaired) electrons. The molecule has 2 aromatic carbocycles. The summed E-state index contributed by atoms with van der Waals surface area (Å²) in [5.74, 6) is 0.853. The Morgan fingerprint density at radius 2 is 1.86 bits per heavy atom. The summed E-state index contributed by atoms with van der Waals surface area (Å²) in [6, 6.07) is 19.1. The minimum absolute atomic E-state index is 0.0284. The Balaban J connectivity index is 1.43. The molecule has 28 heavy (non-hydrogen) atoms. The Kier molecular flexibility index (Phi) is 5.65. The highest BCUT2D eigenvalue weighted by Crippen LogP contribution is 2.28. The van der Waals surface area contributed by atoms with E-state index in [9.17, 15) is 4.79 Å². The summed E-state index contributed by atoms with van der Waals surface area (Å²) in [7, 11) is 0. The van der Waals surface area contributed by atoms with Crippen molar-refractivity contribution in [3.05, 3.63) is 88.8 Å². The smallest absolute Gasteiger partial charge is 0.319 e. The third-order valence-electron chi connectivity index (χ3n) is 5.03. The van der Waals surface area contributed by atoms with Gasteiger partial charge in [0.15, 0.2) is 0 Å². The number of benzene rings is 2. The van der Waals surface area contributed by atoms with Crippen LogP contribution in [0.4, 0.5) is 10.5 Å². The van der Waals surface area contributed by atoms with Crippen molar-refractivity contribution in [3.8, 4) is 0 Å². The van der Waals surface area contributed by atoms with Gasteiger partial charge in [0.05, 0.1) is 12.3 Å². The topological polar surface area (TPSA) is 57.5 Å². The Morgan fingerprint density at radius 1 is 1.07 bits per heavy atom. The van der Waals surface area contributed by atoms with E-state index in [-0.39, 0.29) is 12.1 Å². The van der Waals surface area contributed by atoms with Crippen LogP contribution in [0.1, 0.15) is 22.9 Å². The third-order valence-corrected chi connectivity index (χ3v) is 5.28. The lowest BCUT2D eigenvalue weighted by Crippen LogP contribution is -2.41. The summed E-state index contributed by atoms with van der Waals surface area (Å²) in [5, 5.41) is 6.43. The Morgan fingerprint density at radius 3 is 2.61 bits per heavy atom. The number of halogens is 1. The Bertz CT molecular complexity index is 925. The van der Waals surface area contributed by atoms with E-state index in [1.807, 2.05) is 12.1 Å². The van der Waals surface area contributed by atoms with Crippen molar-refractivity contribution in [2.24, 2.45) is 0 Å². The minimum Gasteiger partial charge on any atom is -0.468 e. The van der Waals surface area contributed by atoms with Crippen LogP contribution in [-0.2, 0) is 13.0 Å². The first-order valence-electron chi connectivity index (χ1n) is 9.34. The molecule has 0 aliphatic carbocycles. The van der Waals surface area contributed by atoms with Gasteiger partial charge in [0, 0.05) is 30.3 Å². The normalized spacial score (nSPS) is 14.9. The molecule has 0 saturated carbocycles. The highest BCUT2D eigenvalue weighted by Gasteiger charge is 2.27. The highest BCUT2D eigenvalue weighted by molar-refractivity contribution is 6.30. The number of furan rings is 1. The number of fused-ring (bicyclic) bond motifs is 1. The predicted octanol–water partition coefficient (Wildman–Crippen LogP) is 4.85. The summed E-state index contributed by atoms with van der Waals surface area (Å²) < 4.78 is 5.67. The zero-order chi connectivity index (χ0) is 19.3. The fourth-order valence-corrected chi connectivity index (χ4v) is 3.70. The summed E-state index contributed by atoms with van der Waals surface area (Å²) >= 11 is 5.89. The van der Waals surface area contributed by atoms with Gasteiger partial charge in [0.1, 0.15) is 5.76 Å². The summed E-state index contributed by atoms with van der Waals surface area (Å²) in [5.41, 5.74) is 3.42. The molecular formula is C22H22ClN3O2. The van der Waals surface area contributed by atoms with Crippen LogP contribution in [0.3, 0.4) is 0 Å². The standard InChI is InChI=1S/C22H22ClN3O2/c23-18-7-9-19(10-8-18)25-22(27)24-14-20(21-6-3-13-28-21)26-12-11-16-4-1-2-5-17(16)15-26/h1-10,13,20H,11-12,14-15H2,(H2,24,25,27)/t20-/m0/s1. The number of carbonyl (C=O) groups excluding carboxylic acids is 1. The molecule has 1 aliphatic heterocycles. The van der Waals surface area contributed by atoms with Crippen LogP contribution in [0.15, 0.2) is 71.3 Å². The van der Waals surface area contributed by atoms with Gasteiger partial charge in [-0.1, -0.05) is 35.9 Å². The predicted molar refractivity (Wildman–Crippen MR) is 110 cm³/mol. The van der Waals surface area contributed by atoms with E-state index < -0.39 is 0 Å². The number of hydrogen-bond donors (Lipinski definition) is 2. The van der Waals surface area contributed by atoms with Crippen LogP contribution >= 0.6 is 11.6 Å².